The minimum absolute atomic E-state index is 0.0991. The van der Waals surface area contributed by atoms with Gasteiger partial charge < -0.3 is 0 Å². The Kier molecular flexibility index (Phi) is 3.10. The van der Waals surface area contributed by atoms with Gasteiger partial charge in [-0.2, -0.15) is 0 Å². The van der Waals surface area contributed by atoms with E-state index >= 15 is 0 Å². The van der Waals surface area contributed by atoms with Crippen LogP contribution < -0.4 is 0 Å². The zero-order valence-corrected chi connectivity index (χ0v) is 11.4. The molecular weight excluding hydrogens is 244 g/mol. The fourth-order valence-corrected chi connectivity index (χ4v) is 5.41. The zero-order chi connectivity index (χ0) is 12.7. The molecule has 2 heterocycles. The van der Waals surface area contributed by atoms with Crippen molar-refractivity contribution in [3.63, 3.8) is 0 Å². The van der Waals surface area contributed by atoms with Crippen molar-refractivity contribution < 1.29 is 9.00 Å². The van der Waals surface area contributed by atoms with Gasteiger partial charge in [0, 0.05) is 32.8 Å². The van der Waals surface area contributed by atoms with Gasteiger partial charge in [-0.3, -0.25) is 9.00 Å². The van der Waals surface area contributed by atoms with E-state index in [0.29, 0.717) is 0 Å². The summed E-state index contributed by atoms with van der Waals surface area (Å²) in [5.41, 5.74) is 1.95. The summed E-state index contributed by atoms with van der Waals surface area (Å²) in [6, 6.07) is 7.83. The van der Waals surface area contributed by atoms with Gasteiger partial charge in [0.25, 0.3) is 0 Å². The molecule has 2 aliphatic heterocycles. The summed E-state index contributed by atoms with van der Waals surface area (Å²) in [6.45, 7) is 2.01. The average Bonchev–Trinajstić information content (AvgIpc) is 2.61. The van der Waals surface area contributed by atoms with Crippen molar-refractivity contribution in [3.05, 3.63) is 35.4 Å². The lowest BCUT2D eigenvalue weighted by atomic mass is 9.90. The van der Waals surface area contributed by atoms with Gasteiger partial charge in [-0.15, -0.1) is 0 Å². The summed E-state index contributed by atoms with van der Waals surface area (Å²) < 4.78 is 11.9. The summed E-state index contributed by atoms with van der Waals surface area (Å²) in [5, 5.41) is 0.560. The fraction of sp³-hybridized carbons (Fsp3) is 0.533. The third-order valence-electron chi connectivity index (χ3n) is 4.24. The van der Waals surface area contributed by atoms with Gasteiger partial charge in [0.05, 0.1) is 0 Å². The average molecular weight is 262 g/mol. The van der Waals surface area contributed by atoms with Gasteiger partial charge in [0.1, 0.15) is 0 Å². The standard InChI is InChI=1S/C15H18O2S/c1-10-3-2-4-11(7-10)15(16)12-8-13-5-6-14(9-12)18(13)17/h2-4,7,12-14H,5-6,8-9H2,1H3. The molecule has 2 nitrogen and oxygen atoms in total. The molecule has 2 aliphatic rings. The number of carbonyl (C=O) groups excluding carboxylic acids is 1. The first-order chi connectivity index (χ1) is 8.65. The quantitative estimate of drug-likeness (QED) is 0.768. The van der Waals surface area contributed by atoms with Gasteiger partial charge >= 0.3 is 0 Å². The molecule has 2 saturated heterocycles. The summed E-state index contributed by atoms with van der Waals surface area (Å²) in [5.74, 6) is 0.356. The molecule has 18 heavy (non-hydrogen) atoms. The minimum atomic E-state index is -0.669. The zero-order valence-electron chi connectivity index (χ0n) is 10.6. The Morgan fingerprint density at radius 3 is 2.50 bits per heavy atom. The second-order valence-corrected chi connectivity index (χ2v) is 7.54. The fourth-order valence-electron chi connectivity index (χ4n) is 3.28. The minimum Gasteiger partial charge on any atom is -0.294 e. The van der Waals surface area contributed by atoms with Crippen LogP contribution in [0.4, 0.5) is 0 Å². The van der Waals surface area contributed by atoms with Gasteiger partial charge in [-0.05, 0) is 38.7 Å². The third kappa shape index (κ3) is 2.05. The van der Waals surface area contributed by atoms with Gasteiger partial charge in [0.15, 0.2) is 5.78 Å². The molecule has 0 spiro atoms. The Hall–Kier alpha value is -0.960. The summed E-state index contributed by atoms with van der Waals surface area (Å²) in [4.78, 5) is 12.5. The molecule has 0 saturated carbocycles. The molecule has 0 N–H and O–H groups in total. The smallest absolute Gasteiger partial charge is 0.166 e. The number of benzene rings is 1. The number of rotatable bonds is 2. The van der Waals surface area contributed by atoms with Gasteiger partial charge in [-0.25, -0.2) is 0 Å². The number of Topliss-reactive ketones (excluding diaryl/α,β-unsaturated/α-hetero) is 1. The first kappa shape index (κ1) is 12.1. The molecule has 3 heteroatoms. The highest BCUT2D eigenvalue weighted by Crippen LogP contribution is 2.39. The van der Waals surface area contributed by atoms with Crippen LogP contribution in [0, 0.1) is 12.8 Å². The van der Waals surface area contributed by atoms with Gasteiger partial charge in [-0.1, -0.05) is 23.8 Å². The largest absolute Gasteiger partial charge is 0.294 e. The molecule has 0 aliphatic carbocycles. The Morgan fingerprint density at radius 2 is 1.89 bits per heavy atom. The van der Waals surface area contributed by atoms with Crippen molar-refractivity contribution in [1.82, 2.24) is 0 Å². The van der Waals surface area contributed by atoms with Crippen molar-refractivity contribution in [2.75, 3.05) is 0 Å². The Labute approximate surface area is 110 Å². The lowest BCUT2D eigenvalue weighted by molar-refractivity contribution is 0.0906. The Morgan fingerprint density at radius 1 is 1.22 bits per heavy atom. The summed E-state index contributed by atoms with van der Waals surface area (Å²) in [7, 11) is -0.669. The van der Waals surface area contributed by atoms with Gasteiger partial charge in [0.2, 0.25) is 0 Å². The van der Waals surface area contributed by atoms with E-state index in [-0.39, 0.29) is 22.2 Å². The molecule has 1 aromatic rings. The number of hydrogen-bond acceptors (Lipinski definition) is 2. The van der Waals surface area contributed by atoms with E-state index in [0.717, 1.165) is 36.8 Å². The number of ketones is 1. The van der Waals surface area contributed by atoms with E-state index in [9.17, 15) is 9.00 Å². The molecule has 2 atom stereocenters. The first-order valence-electron chi connectivity index (χ1n) is 6.65. The van der Waals surface area contributed by atoms with E-state index in [1.165, 1.54) is 0 Å². The number of hydrogen-bond donors (Lipinski definition) is 0. The van der Waals surface area contributed by atoms with Crippen LogP contribution in [0.15, 0.2) is 24.3 Å². The molecule has 0 radical (unpaired) electrons. The predicted octanol–water partition coefficient (Wildman–Crippen LogP) is 2.87. The molecule has 0 aromatic heterocycles. The SMILES string of the molecule is Cc1cccc(C(=O)C2CC3CCC(C2)S3=O)c1. The Bertz CT molecular complexity index is 493. The van der Waals surface area contributed by atoms with Crippen LogP contribution in [-0.2, 0) is 10.8 Å². The number of carbonyl (C=O) groups is 1. The number of fused-ring (bicyclic) bond motifs is 2. The Balaban J connectivity index is 1.80. The molecule has 3 rings (SSSR count). The third-order valence-corrected chi connectivity index (χ3v) is 6.41. The van der Waals surface area contributed by atoms with Crippen LogP contribution in [0.3, 0.4) is 0 Å². The van der Waals surface area contributed by atoms with Crippen molar-refractivity contribution in [3.8, 4) is 0 Å². The van der Waals surface area contributed by atoms with E-state index < -0.39 is 10.8 Å². The van der Waals surface area contributed by atoms with Crippen LogP contribution in [0.2, 0.25) is 0 Å². The van der Waals surface area contributed by atoms with Crippen molar-refractivity contribution >= 4 is 16.6 Å². The highest BCUT2D eigenvalue weighted by molar-refractivity contribution is 7.86. The molecule has 2 fully saturated rings. The van der Waals surface area contributed by atoms with Crippen LogP contribution in [0.25, 0.3) is 0 Å². The second-order valence-electron chi connectivity index (χ2n) is 5.55. The maximum atomic E-state index is 12.5. The van der Waals surface area contributed by atoms with Crippen LogP contribution >= 0.6 is 0 Å². The second kappa shape index (κ2) is 4.61. The highest BCUT2D eigenvalue weighted by Gasteiger charge is 2.42. The maximum absolute atomic E-state index is 12.5. The molecule has 2 unspecified atom stereocenters. The first-order valence-corrected chi connectivity index (χ1v) is 7.93. The topological polar surface area (TPSA) is 34.1 Å². The normalized spacial score (nSPS) is 34.5. The van der Waals surface area contributed by atoms with E-state index in [1.807, 2.05) is 31.2 Å². The van der Waals surface area contributed by atoms with E-state index in [4.69, 9.17) is 0 Å². The number of aryl methyl sites for hydroxylation is 1. The van der Waals surface area contributed by atoms with Crippen LogP contribution in [-0.4, -0.2) is 20.5 Å². The summed E-state index contributed by atoms with van der Waals surface area (Å²) >= 11 is 0. The molecule has 1 aromatic carbocycles. The van der Waals surface area contributed by atoms with E-state index in [1.54, 1.807) is 0 Å². The molecule has 2 bridgehead atoms. The van der Waals surface area contributed by atoms with Crippen LogP contribution in [0.1, 0.15) is 41.6 Å². The van der Waals surface area contributed by atoms with Crippen molar-refractivity contribution in [2.45, 2.75) is 43.1 Å². The maximum Gasteiger partial charge on any atom is 0.166 e. The predicted molar refractivity (Wildman–Crippen MR) is 73.2 cm³/mol. The molecule has 96 valence electrons. The summed E-state index contributed by atoms with van der Waals surface area (Å²) in [6.07, 6.45) is 3.76. The van der Waals surface area contributed by atoms with Crippen molar-refractivity contribution in [2.24, 2.45) is 5.92 Å². The molecule has 0 amide bonds. The highest BCUT2D eigenvalue weighted by atomic mass is 32.2. The molecular formula is C15H18O2S. The lowest BCUT2D eigenvalue weighted by Gasteiger charge is -2.26. The van der Waals surface area contributed by atoms with Crippen LogP contribution in [0.5, 0.6) is 0 Å². The lowest BCUT2D eigenvalue weighted by Crippen LogP contribution is -2.32. The van der Waals surface area contributed by atoms with E-state index in [2.05, 4.69) is 0 Å². The monoisotopic (exact) mass is 262 g/mol. The van der Waals surface area contributed by atoms with Crippen molar-refractivity contribution in [1.29, 1.82) is 0 Å².